The van der Waals surface area contributed by atoms with Crippen LogP contribution in [0.4, 0.5) is 0 Å². The van der Waals surface area contributed by atoms with E-state index in [0.717, 1.165) is 16.7 Å². The smallest absolute Gasteiger partial charge is 0.308 e. The van der Waals surface area contributed by atoms with Crippen LogP contribution in [-0.4, -0.2) is 5.97 Å². The first-order valence-corrected chi connectivity index (χ1v) is 4.70. The van der Waals surface area contributed by atoms with Crippen molar-refractivity contribution in [1.29, 1.82) is 0 Å². The SMILES string of the molecule is C=C=Cc1ccc(C)c(OC(C)=O)c1C. The molecule has 2 heteroatoms. The Bertz CT molecular complexity index is 438. The lowest BCUT2D eigenvalue weighted by Crippen LogP contribution is -2.05. The van der Waals surface area contributed by atoms with Crippen molar-refractivity contribution < 1.29 is 9.53 Å². The first kappa shape index (κ1) is 11.3. The van der Waals surface area contributed by atoms with Crippen molar-refractivity contribution in [3.05, 3.63) is 41.1 Å². The minimum absolute atomic E-state index is 0.305. The van der Waals surface area contributed by atoms with Gasteiger partial charge in [0.15, 0.2) is 0 Å². The average Bonchev–Trinajstić information content (AvgIpc) is 2.17. The van der Waals surface area contributed by atoms with Gasteiger partial charge < -0.3 is 4.74 Å². The van der Waals surface area contributed by atoms with Crippen LogP contribution < -0.4 is 4.74 Å². The van der Waals surface area contributed by atoms with Gasteiger partial charge in [-0.25, -0.2) is 0 Å². The quantitative estimate of drug-likeness (QED) is 0.418. The van der Waals surface area contributed by atoms with Crippen LogP contribution in [0.15, 0.2) is 24.4 Å². The number of aryl methyl sites for hydroxylation is 1. The molecular weight excluding hydrogens is 188 g/mol. The standard InChI is InChI=1S/C13H14O2/c1-5-6-12-8-7-9(2)13(10(12)3)15-11(4)14/h6-8H,1H2,2-4H3. The summed E-state index contributed by atoms with van der Waals surface area (Å²) in [6.07, 6.45) is 1.77. The number of ether oxygens (including phenoxy) is 1. The van der Waals surface area contributed by atoms with Crippen LogP contribution >= 0.6 is 0 Å². The van der Waals surface area contributed by atoms with Gasteiger partial charge in [-0.1, -0.05) is 18.7 Å². The molecule has 0 aromatic heterocycles. The molecule has 0 saturated carbocycles. The van der Waals surface area contributed by atoms with Crippen LogP contribution in [0.1, 0.15) is 23.6 Å². The summed E-state index contributed by atoms with van der Waals surface area (Å²) in [5, 5.41) is 0. The fourth-order valence-corrected chi connectivity index (χ4v) is 1.41. The molecule has 0 aliphatic heterocycles. The van der Waals surface area contributed by atoms with Gasteiger partial charge in [-0.2, -0.15) is 0 Å². The van der Waals surface area contributed by atoms with Crippen LogP contribution in [0.25, 0.3) is 6.08 Å². The second-order valence-corrected chi connectivity index (χ2v) is 3.37. The van der Waals surface area contributed by atoms with E-state index in [4.69, 9.17) is 4.74 Å². The summed E-state index contributed by atoms with van der Waals surface area (Å²) in [5.41, 5.74) is 5.55. The highest BCUT2D eigenvalue weighted by Gasteiger charge is 2.08. The molecule has 0 aliphatic rings. The fraction of sp³-hybridized carbons (Fsp3) is 0.231. The maximum absolute atomic E-state index is 10.9. The molecule has 1 aromatic carbocycles. The van der Waals surface area contributed by atoms with Crippen LogP contribution in [0.3, 0.4) is 0 Å². The third kappa shape index (κ3) is 2.58. The van der Waals surface area contributed by atoms with E-state index in [-0.39, 0.29) is 5.97 Å². The second-order valence-electron chi connectivity index (χ2n) is 3.37. The van der Waals surface area contributed by atoms with E-state index < -0.39 is 0 Å². The Balaban J connectivity index is 3.29. The molecule has 78 valence electrons. The molecule has 0 radical (unpaired) electrons. The van der Waals surface area contributed by atoms with Gasteiger partial charge in [0.1, 0.15) is 5.75 Å². The van der Waals surface area contributed by atoms with E-state index in [1.165, 1.54) is 6.92 Å². The van der Waals surface area contributed by atoms with Gasteiger partial charge in [0.25, 0.3) is 0 Å². The Kier molecular flexibility index (Phi) is 3.48. The zero-order valence-corrected chi connectivity index (χ0v) is 9.26. The zero-order chi connectivity index (χ0) is 11.4. The van der Waals surface area contributed by atoms with Gasteiger partial charge in [0.05, 0.1) is 0 Å². The summed E-state index contributed by atoms with van der Waals surface area (Å²) in [4.78, 5) is 10.9. The third-order valence-electron chi connectivity index (χ3n) is 2.15. The highest BCUT2D eigenvalue weighted by Crippen LogP contribution is 2.26. The lowest BCUT2D eigenvalue weighted by molar-refractivity contribution is -0.131. The molecule has 1 rings (SSSR count). The highest BCUT2D eigenvalue weighted by molar-refractivity contribution is 5.71. The molecule has 0 fully saturated rings. The number of carbonyl (C=O) groups excluding carboxylic acids is 1. The van der Waals surface area contributed by atoms with Crippen LogP contribution in [-0.2, 0) is 4.79 Å². The molecule has 0 N–H and O–H groups in total. The summed E-state index contributed by atoms with van der Waals surface area (Å²) < 4.78 is 5.16. The fourth-order valence-electron chi connectivity index (χ4n) is 1.41. The van der Waals surface area contributed by atoms with Crippen LogP contribution in [0.2, 0.25) is 0 Å². The van der Waals surface area contributed by atoms with E-state index >= 15 is 0 Å². The van der Waals surface area contributed by atoms with Crippen LogP contribution in [0, 0.1) is 13.8 Å². The lowest BCUT2D eigenvalue weighted by Gasteiger charge is -2.10. The lowest BCUT2D eigenvalue weighted by atomic mass is 10.0. The largest absolute Gasteiger partial charge is 0.426 e. The maximum Gasteiger partial charge on any atom is 0.308 e. The van der Waals surface area contributed by atoms with E-state index in [9.17, 15) is 4.79 Å². The highest BCUT2D eigenvalue weighted by atomic mass is 16.5. The molecule has 0 saturated heterocycles. The van der Waals surface area contributed by atoms with Crippen molar-refractivity contribution >= 4 is 12.0 Å². The Labute approximate surface area is 89.9 Å². The molecule has 0 aliphatic carbocycles. The van der Waals surface area contributed by atoms with Crippen molar-refractivity contribution in [2.75, 3.05) is 0 Å². The predicted molar refractivity (Wildman–Crippen MR) is 60.8 cm³/mol. The molecule has 0 bridgehead atoms. The van der Waals surface area contributed by atoms with E-state index in [1.54, 1.807) is 6.08 Å². The number of hydrogen-bond donors (Lipinski definition) is 0. The average molecular weight is 202 g/mol. The number of carbonyl (C=O) groups is 1. The molecule has 15 heavy (non-hydrogen) atoms. The number of esters is 1. The summed E-state index contributed by atoms with van der Waals surface area (Å²) in [6, 6.07) is 3.87. The summed E-state index contributed by atoms with van der Waals surface area (Å²) in [6.45, 7) is 8.74. The Morgan fingerprint density at radius 3 is 2.67 bits per heavy atom. The minimum Gasteiger partial charge on any atom is -0.426 e. The predicted octanol–water partition coefficient (Wildman–Crippen LogP) is 3.03. The molecule has 2 nitrogen and oxygen atoms in total. The zero-order valence-electron chi connectivity index (χ0n) is 9.26. The van der Waals surface area contributed by atoms with Gasteiger partial charge in [-0.15, -0.1) is 5.73 Å². The van der Waals surface area contributed by atoms with Gasteiger partial charge in [-0.3, -0.25) is 4.79 Å². The Morgan fingerprint density at radius 2 is 2.13 bits per heavy atom. The van der Waals surface area contributed by atoms with E-state index in [2.05, 4.69) is 12.3 Å². The summed E-state index contributed by atoms with van der Waals surface area (Å²) in [5.74, 6) is 0.326. The van der Waals surface area contributed by atoms with Crippen molar-refractivity contribution in [2.45, 2.75) is 20.8 Å². The molecule has 0 heterocycles. The Morgan fingerprint density at radius 1 is 1.47 bits per heavy atom. The van der Waals surface area contributed by atoms with Crippen molar-refractivity contribution in [2.24, 2.45) is 0 Å². The third-order valence-corrected chi connectivity index (χ3v) is 2.15. The van der Waals surface area contributed by atoms with Crippen molar-refractivity contribution in [3.63, 3.8) is 0 Å². The van der Waals surface area contributed by atoms with E-state index in [1.807, 2.05) is 26.0 Å². The number of rotatable bonds is 2. The number of hydrogen-bond acceptors (Lipinski definition) is 2. The second kappa shape index (κ2) is 4.63. The first-order valence-electron chi connectivity index (χ1n) is 4.70. The van der Waals surface area contributed by atoms with Crippen molar-refractivity contribution in [1.82, 2.24) is 0 Å². The molecule has 0 unspecified atom stereocenters. The van der Waals surface area contributed by atoms with E-state index in [0.29, 0.717) is 5.75 Å². The summed E-state index contributed by atoms with van der Waals surface area (Å²) >= 11 is 0. The number of benzene rings is 1. The molecule has 0 atom stereocenters. The van der Waals surface area contributed by atoms with Gasteiger partial charge in [-0.05, 0) is 36.6 Å². The normalized spacial score (nSPS) is 9.27. The van der Waals surface area contributed by atoms with Crippen molar-refractivity contribution in [3.8, 4) is 5.75 Å². The van der Waals surface area contributed by atoms with Gasteiger partial charge >= 0.3 is 5.97 Å². The van der Waals surface area contributed by atoms with Gasteiger partial charge in [0, 0.05) is 6.92 Å². The van der Waals surface area contributed by atoms with Crippen LogP contribution in [0.5, 0.6) is 5.75 Å². The maximum atomic E-state index is 10.9. The molecule has 0 spiro atoms. The van der Waals surface area contributed by atoms with Gasteiger partial charge in [0.2, 0.25) is 0 Å². The monoisotopic (exact) mass is 202 g/mol. The molecular formula is C13H14O2. The Hall–Kier alpha value is -1.79. The molecule has 0 amide bonds. The topological polar surface area (TPSA) is 26.3 Å². The minimum atomic E-state index is -0.305. The molecule has 1 aromatic rings. The summed E-state index contributed by atoms with van der Waals surface area (Å²) in [7, 11) is 0. The first-order chi connectivity index (χ1) is 7.06.